The molecule has 1 fully saturated rings. The van der Waals surface area contributed by atoms with Gasteiger partial charge in [0.15, 0.2) is 6.61 Å². The summed E-state index contributed by atoms with van der Waals surface area (Å²) in [5, 5.41) is 2.25. The van der Waals surface area contributed by atoms with Crippen molar-refractivity contribution in [3.8, 4) is 5.75 Å². The van der Waals surface area contributed by atoms with Gasteiger partial charge in [0.25, 0.3) is 5.91 Å². The molecule has 0 aromatic heterocycles. The van der Waals surface area contributed by atoms with Gasteiger partial charge in [-0.15, -0.1) is 0 Å². The molecule has 3 aromatic rings. The lowest BCUT2D eigenvalue weighted by molar-refractivity contribution is -0.133. The van der Waals surface area contributed by atoms with Crippen LogP contribution in [0.15, 0.2) is 54.6 Å². The van der Waals surface area contributed by atoms with E-state index < -0.39 is 0 Å². The standard InChI is InChI=1S/C25H26N2O3/c1-18-14-24(19(2)13-22(18)16-28)26-9-11-27(12-10-26)25(29)17-30-23-8-7-20-5-3-4-6-21(20)15-23/h3-8,13-16H,9-12,17H2,1-2H3. The van der Waals surface area contributed by atoms with Crippen molar-refractivity contribution in [1.29, 1.82) is 0 Å². The summed E-state index contributed by atoms with van der Waals surface area (Å²) in [7, 11) is 0. The first-order chi connectivity index (χ1) is 14.5. The summed E-state index contributed by atoms with van der Waals surface area (Å²) in [6.07, 6.45) is 0.901. The van der Waals surface area contributed by atoms with E-state index in [-0.39, 0.29) is 12.5 Å². The van der Waals surface area contributed by atoms with Crippen molar-refractivity contribution in [3.63, 3.8) is 0 Å². The van der Waals surface area contributed by atoms with Crippen LogP contribution in [-0.2, 0) is 4.79 Å². The predicted molar refractivity (Wildman–Crippen MR) is 120 cm³/mol. The summed E-state index contributed by atoms with van der Waals surface area (Å²) in [6, 6.07) is 18.0. The molecule has 1 amide bonds. The van der Waals surface area contributed by atoms with Crippen molar-refractivity contribution in [1.82, 2.24) is 4.90 Å². The van der Waals surface area contributed by atoms with Gasteiger partial charge in [-0.1, -0.05) is 30.3 Å². The summed E-state index contributed by atoms with van der Waals surface area (Å²) in [5.41, 5.74) is 3.93. The molecule has 0 aliphatic carbocycles. The molecule has 0 spiro atoms. The number of piperazine rings is 1. The number of carbonyl (C=O) groups excluding carboxylic acids is 2. The fourth-order valence-corrected chi connectivity index (χ4v) is 3.98. The molecule has 5 heteroatoms. The van der Waals surface area contributed by atoms with Gasteiger partial charge < -0.3 is 14.5 Å². The fourth-order valence-electron chi connectivity index (χ4n) is 3.98. The Morgan fingerprint density at radius 1 is 0.933 bits per heavy atom. The van der Waals surface area contributed by atoms with Crippen LogP contribution in [0.3, 0.4) is 0 Å². The number of rotatable bonds is 5. The van der Waals surface area contributed by atoms with Crippen LogP contribution >= 0.6 is 0 Å². The molecule has 0 atom stereocenters. The molecule has 0 N–H and O–H groups in total. The second-order valence-corrected chi connectivity index (χ2v) is 7.78. The number of hydrogen-bond donors (Lipinski definition) is 0. The average molecular weight is 402 g/mol. The quantitative estimate of drug-likeness (QED) is 0.606. The molecule has 5 nitrogen and oxygen atoms in total. The van der Waals surface area contributed by atoms with Gasteiger partial charge >= 0.3 is 0 Å². The second-order valence-electron chi connectivity index (χ2n) is 7.78. The van der Waals surface area contributed by atoms with Gasteiger partial charge in [0, 0.05) is 37.4 Å². The molecular weight excluding hydrogens is 376 g/mol. The van der Waals surface area contributed by atoms with Crippen molar-refractivity contribution in [3.05, 3.63) is 71.3 Å². The van der Waals surface area contributed by atoms with E-state index >= 15 is 0 Å². The lowest BCUT2D eigenvalue weighted by atomic mass is 10.0. The Morgan fingerprint density at radius 3 is 2.40 bits per heavy atom. The van der Waals surface area contributed by atoms with Crippen molar-refractivity contribution >= 4 is 28.7 Å². The van der Waals surface area contributed by atoms with Gasteiger partial charge in [-0.25, -0.2) is 0 Å². The molecule has 3 aromatic carbocycles. The van der Waals surface area contributed by atoms with Gasteiger partial charge in [0.1, 0.15) is 12.0 Å². The van der Waals surface area contributed by atoms with Crippen LogP contribution in [0.25, 0.3) is 10.8 Å². The number of carbonyl (C=O) groups is 2. The topological polar surface area (TPSA) is 49.9 Å². The number of ether oxygens (including phenoxy) is 1. The maximum absolute atomic E-state index is 12.6. The van der Waals surface area contributed by atoms with E-state index in [9.17, 15) is 9.59 Å². The predicted octanol–water partition coefficient (Wildman–Crippen LogP) is 4.00. The Hall–Kier alpha value is -3.34. The Labute approximate surface area is 176 Å². The summed E-state index contributed by atoms with van der Waals surface area (Å²) in [6.45, 7) is 6.88. The third-order valence-corrected chi connectivity index (χ3v) is 5.77. The molecule has 0 saturated carbocycles. The van der Waals surface area contributed by atoms with Gasteiger partial charge in [0.2, 0.25) is 0 Å². The highest BCUT2D eigenvalue weighted by Crippen LogP contribution is 2.25. The Kier molecular flexibility index (Phi) is 5.70. The van der Waals surface area contributed by atoms with Gasteiger partial charge in [0.05, 0.1) is 0 Å². The molecule has 154 valence electrons. The first-order valence-electron chi connectivity index (χ1n) is 10.3. The maximum atomic E-state index is 12.6. The normalized spacial score (nSPS) is 14.1. The van der Waals surface area contributed by atoms with Crippen LogP contribution in [0.1, 0.15) is 21.5 Å². The zero-order chi connectivity index (χ0) is 21.1. The van der Waals surface area contributed by atoms with E-state index in [1.165, 1.54) is 0 Å². The monoisotopic (exact) mass is 402 g/mol. The molecule has 0 unspecified atom stereocenters. The number of aldehydes is 1. The molecular formula is C25H26N2O3. The van der Waals surface area contributed by atoms with E-state index in [0.717, 1.165) is 52.5 Å². The van der Waals surface area contributed by atoms with E-state index in [4.69, 9.17) is 4.74 Å². The largest absolute Gasteiger partial charge is 0.484 e. The van der Waals surface area contributed by atoms with Crippen molar-refractivity contribution in [2.75, 3.05) is 37.7 Å². The summed E-state index contributed by atoms with van der Waals surface area (Å²) < 4.78 is 5.76. The number of anilines is 1. The van der Waals surface area contributed by atoms with Crippen molar-refractivity contribution < 1.29 is 14.3 Å². The molecule has 30 heavy (non-hydrogen) atoms. The van der Waals surface area contributed by atoms with E-state index in [1.54, 1.807) is 0 Å². The number of aryl methyl sites for hydroxylation is 2. The summed E-state index contributed by atoms with van der Waals surface area (Å²) in [5.74, 6) is 0.717. The zero-order valence-electron chi connectivity index (χ0n) is 17.4. The van der Waals surface area contributed by atoms with Crippen molar-refractivity contribution in [2.24, 2.45) is 0 Å². The molecule has 0 radical (unpaired) electrons. The van der Waals surface area contributed by atoms with Crippen LogP contribution in [0, 0.1) is 13.8 Å². The summed E-state index contributed by atoms with van der Waals surface area (Å²) >= 11 is 0. The van der Waals surface area contributed by atoms with Crippen LogP contribution in [0.4, 0.5) is 5.69 Å². The minimum absolute atomic E-state index is 0.00649. The molecule has 1 aliphatic heterocycles. The van der Waals surface area contributed by atoms with Crippen LogP contribution < -0.4 is 9.64 Å². The minimum Gasteiger partial charge on any atom is -0.484 e. The first kappa shape index (κ1) is 20.0. The van der Waals surface area contributed by atoms with Crippen molar-refractivity contribution in [2.45, 2.75) is 13.8 Å². The fraction of sp³-hybridized carbons (Fsp3) is 0.280. The Bertz CT molecular complexity index is 1080. The van der Waals surface area contributed by atoms with Crippen LogP contribution in [0.2, 0.25) is 0 Å². The molecule has 1 heterocycles. The van der Waals surface area contributed by atoms with E-state index in [1.807, 2.05) is 61.2 Å². The average Bonchev–Trinajstić information content (AvgIpc) is 2.78. The maximum Gasteiger partial charge on any atom is 0.260 e. The van der Waals surface area contributed by atoms with Gasteiger partial charge in [-0.05, 0) is 60.0 Å². The number of nitrogens with zero attached hydrogens (tertiary/aromatic N) is 2. The lowest BCUT2D eigenvalue weighted by Crippen LogP contribution is -2.50. The Balaban J connectivity index is 1.34. The lowest BCUT2D eigenvalue weighted by Gasteiger charge is -2.37. The molecule has 1 saturated heterocycles. The second kappa shape index (κ2) is 8.57. The van der Waals surface area contributed by atoms with E-state index in [2.05, 4.69) is 17.0 Å². The van der Waals surface area contributed by atoms with Crippen LogP contribution in [0.5, 0.6) is 5.75 Å². The number of hydrogen-bond acceptors (Lipinski definition) is 4. The molecule has 0 bridgehead atoms. The third-order valence-electron chi connectivity index (χ3n) is 5.77. The minimum atomic E-state index is 0.00649. The Morgan fingerprint density at radius 2 is 1.67 bits per heavy atom. The van der Waals surface area contributed by atoms with E-state index in [0.29, 0.717) is 18.8 Å². The molecule has 4 rings (SSSR count). The number of benzene rings is 3. The number of amides is 1. The molecule has 1 aliphatic rings. The van der Waals surface area contributed by atoms with Crippen LogP contribution in [-0.4, -0.2) is 49.9 Å². The third kappa shape index (κ3) is 4.15. The zero-order valence-corrected chi connectivity index (χ0v) is 17.4. The highest BCUT2D eigenvalue weighted by atomic mass is 16.5. The number of fused-ring (bicyclic) bond motifs is 1. The van der Waals surface area contributed by atoms with Gasteiger partial charge in [-0.3, -0.25) is 9.59 Å². The highest BCUT2D eigenvalue weighted by molar-refractivity contribution is 5.84. The SMILES string of the molecule is Cc1cc(N2CCN(C(=O)COc3ccc4ccccc4c3)CC2)c(C)cc1C=O. The summed E-state index contributed by atoms with van der Waals surface area (Å²) in [4.78, 5) is 27.9. The first-order valence-corrected chi connectivity index (χ1v) is 10.3. The smallest absolute Gasteiger partial charge is 0.260 e. The van der Waals surface area contributed by atoms with Gasteiger partial charge in [-0.2, -0.15) is 0 Å². The highest BCUT2D eigenvalue weighted by Gasteiger charge is 2.23.